The number of aliphatic hydroxyl groups is 1. The summed E-state index contributed by atoms with van der Waals surface area (Å²) < 4.78 is 136. The van der Waals surface area contributed by atoms with Crippen LogP contribution in [0.2, 0.25) is 10.0 Å². The van der Waals surface area contributed by atoms with Crippen LogP contribution in [0, 0.1) is 11.6 Å². The fourth-order valence-electron chi connectivity index (χ4n) is 4.77. The fraction of sp³-hybridized carbons (Fsp3) is 0.333. The Hall–Kier alpha value is -5.74. The number of pyridine rings is 4. The molecule has 4 amide bonds. The lowest BCUT2D eigenvalue weighted by atomic mass is 10.1. The van der Waals surface area contributed by atoms with Gasteiger partial charge in [-0.2, -0.15) is 36.3 Å². The van der Waals surface area contributed by atoms with Gasteiger partial charge in [0.2, 0.25) is 35.1 Å². The zero-order chi connectivity index (χ0) is 53.4. The molecule has 386 valence electrons. The number of anilines is 2. The largest absolute Gasteiger partial charge is 0.463 e. The number of ketones is 1. The van der Waals surface area contributed by atoms with E-state index < -0.39 is 120 Å². The Labute approximate surface area is 431 Å². The first kappa shape index (κ1) is 59.6. The number of amides is 4. The number of halogens is 12. The summed E-state index contributed by atoms with van der Waals surface area (Å²) in [5, 5.41) is 11.7. The number of ether oxygens (including phenoxy) is 6. The number of alkyl halides is 8. The maximum absolute atomic E-state index is 14.5. The number of carbonyl (C=O) groups is 6. The van der Waals surface area contributed by atoms with Crippen molar-refractivity contribution < 1.29 is 97.4 Å². The Balaban J connectivity index is 0.000000350. The molecule has 20 nitrogen and oxygen atoms in total. The van der Waals surface area contributed by atoms with Crippen molar-refractivity contribution in [3.63, 3.8) is 0 Å². The second kappa shape index (κ2) is 26.6. The summed E-state index contributed by atoms with van der Waals surface area (Å²) in [5.74, 6) is -12.9. The highest BCUT2D eigenvalue weighted by Gasteiger charge is 2.60. The third-order valence-electron chi connectivity index (χ3n) is 7.68. The minimum absolute atomic E-state index is 0.0415. The smallest absolute Gasteiger partial charge is 0.450 e. The van der Waals surface area contributed by atoms with E-state index in [0.29, 0.717) is 12.1 Å². The van der Waals surface area contributed by atoms with Gasteiger partial charge in [-0.3, -0.25) is 14.4 Å². The van der Waals surface area contributed by atoms with E-state index >= 15 is 0 Å². The molecule has 5 heterocycles. The minimum Gasteiger partial charge on any atom is -0.463 e. The van der Waals surface area contributed by atoms with Crippen LogP contribution in [0.3, 0.4) is 0 Å². The van der Waals surface area contributed by atoms with E-state index in [0.717, 1.165) is 1.93 Å². The molecule has 71 heavy (non-hydrogen) atoms. The summed E-state index contributed by atoms with van der Waals surface area (Å²) in [7, 11) is 0. The third-order valence-corrected chi connectivity index (χ3v) is 8.22. The van der Waals surface area contributed by atoms with Crippen LogP contribution in [0.25, 0.3) is 0 Å². The molecule has 1 aliphatic heterocycles. The van der Waals surface area contributed by atoms with Crippen LogP contribution in [-0.2, 0) is 33.4 Å². The molecule has 0 spiro atoms. The van der Waals surface area contributed by atoms with Gasteiger partial charge in [0.1, 0.15) is 10.0 Å². The molecule has 0 aliphatic carbocycles. The molecular formula is C39H33Cl2F8I2N7O13. The van der Waals surface area contributed by atoms with Gasteiger partial charge in [-0.1, -0.05) is 68.4 Å². The average molecular weight is 1280 g/mol. The van der Waals surface area contributed by atoms with Gasteiger partial charge in [0.25, 0.3) is 11.8 Å². The van der Waals surface area contributed by atoms with E-state index in [9.17, 15) is 69.0 Å². The summed E-state index contributed by atoms with van der Waals surface area (Å²) in [6, 6.07) is 4.95. The number of hydrogen-bond donors (Lipinski definition) is 3. The van der Waals surface area contributed by atoms with Crippen LogP contribution >= 0.6 is 68.4 Å². The molecule has 1 unspecified atom stereocenters. The molecule has 1 atom stereocenters. The molecule has 4 aromatic rings. The van der Waals surface area contributed by atoms with Crippen molar-refractivity contribution in [1.82, 2.24) is 25.3 Å². The van der Waals surface area contributed by atoms with E-state index in [4.69, 9.17) is 51.6 Å². The van der Waals surface area contributed by atoms with Crippen molar-refractivity contribution in [1.29, 1.82) is 0 Å². The van der Waals surface area contributed by atoms with Crippen LogP contribution in [-0.4, -0.2) is 107 Å². The molecule has 4 aromatic heterocycles. The van der Waals surface area contributed by atoms with E-state index in [1.54, 1.807) is 19.2 Å². The van der Waals surface area contributed by atoms with Crippen LogP contribution in [0.15, 0.2) is 48.8 Å². The molecular weight excluding hydrogens is 1250 g/mol. The van der Waals surface area contributed by atoms with E-state index in [-0.39, 0.29) is 46.4 Å². The predicted octanol–water partition coefficient (Wildman–Crippen LogP) is 8.37. The standard InChI is InChI=1S/C19H15ClF4N4O7.C18H14ClF4N3O6.C2H4I2/c1-2-33-13(30)8-34-16-11(4-3-5-25-16)35-15-9(20)6-10(21)14(26-15)28-12(29)7-18(32,19(22,23)24)27-17(28)31;1-2-30-14(29)8-31-17-11(4-3-5-24-17)32-16-9(19)6-10(20)15(26-16)25-13(28)7-12(27)18(21,22)23;1-2(3)4/h3-6,32H,2,7-8H2,1H3,(H,27,31);3-6H,2,7-8H2,1H3,(H,25,26,28);2H,1H3. The van der Waals surface area contributed by atoms with Crippen LogP contribution in [0.5, 0.6) is 35.0 Å². The molecule has 0 bridgehead atoms. The lowest BCUT2D eigenvalue weighted by Crippen LogP contribution is -2.68. The predicted molar refractivity (Wildman–Crippen MR) is 245 cm³/mol. The Kier molecular flexibility index (Phi) is 22.3. The maximum Gasteiger partial charge on any atom is 0.450 e. The number of imide groups is 1. The van der Waals surface area contributed by atoms with Crippen molar-refractivity contribution in [2.24, 2.45) is 0 Å². The molecule has 0 saturated carbocycles. The monoisotopic (exact) mass is 1280 g/mol. The number of carbonyl (C=O) groups excluding carboxylic acids is 6. The second-order valence-corrected chi connectivity index (χ2v) is 20.0. The normalized spacial score (nSPS) is 14.4. The van der Waals surface area contributed by atoms with Crippen LogP contribution in [0.4, 0.5) is 51.6 Å². The van der Waals surface area contributed by atoms with Crippen molar-refractivity contribution in [2.75, 3.05) is 36.6 Å². The Morgan fingerprint density at radius 3 is 1.73 bits per heavy atom. The molecule has 5 rings (SSSR count). The van der Waals surface area contributed by atoms with E-state index in [1.807, 2.05) is 0 Å². The van der Waals surface area contributed by atoms with Crippen molar-refractivity contribution >= 4 is 116 Å². The van der Waals surface area contributed by atoms with Crippen LogP contribution in [0.1, 0.15) is 33.6 Å². The number of hydrogen-bond acceptors (Lipinski definition) is 17. The first-order chi connectivity index (χ1) is 33.1. The van der Waals surface area contributed by atoms with Gasteiger partial charge in [-0.15, -0.1) is 0 Å². The number of nitrogens with zero attached hydrogens (tertiary/aromatic N) is 5. The molecule has 1 aliphatic rings. The van der Waals surface area contributed by atoms with Crippen molar-refractivity contribution in [3.8, 4) is 35.0 Å². The molecule has 0 aromatic carbocycles. The zero-order valence-electron chi connectivity index (χ0n) is 36.1. The Morgan fingerprint density at radius 1 is 0.831 bits per heavy atom. The number of aromatic nitrogens is 4. The zero-order valence-corrected chi connectivity index (χ0v) is 41.9. The third kappa shape index (κ3) is 18.1. The summed E-state index contributed by atoms with van der Waals surface area (Å²) in [4.78, 5) is 84.9. The number of esters is 2. The minimum atomic E-state index is -5.38. The Morgan fingerprint density at radius 2 is 1.30 bits per heavy atom. The first-order valence-corrected chi connectivity index (χ1v) is 22.5. The molecule has 0 radical (unpaired) electrons. The van der Waals surface area contributed by atoms with Crippen LogP contribution < -0.4 is 34.5 Å². The van der Waals surface area contributed by atoms with Gasteiger partial charge in [0, 0.05) is 24.5 Å². The highest BCUT2D eigenvalue weighted by atomic mass is 127. The van der Waals surface area contributed by atoms with Gasteiger partial charge in [-0.25, -0.2) is 38.0 Å². The Bertz CT molecular complexity index is 2570. The van der Waals surface area contributed by atoms with Gasteiger partial charge in [-0.05, 0) is 45.0 Å². The van der Waals surface area contributed by atoms with E-state index in [2.05, 4.69) is 72.0 Å². The SMILES string of the molecule is CC(I)I.CCOC(=O)COc1ncccc1Oc1nc(N2C(=O)CC(O)(C(F)(F)F)NC2=O)c(F)cc1Cl.CCOC(=O)COc1ncccc1Oc1nc(NC(=O)CC(=O)C(F)(F)F)c(F)cc1Cl. The van der Waals surface area contributed by atoms with Gasteiger partial charge in [0.05, 0.1) is 28.0 Å². The summed E-state index contributed by atoms with van der Waals surface area (Å²) >= 11 is 16.5. The summed E-state index contributed by atoms with van der Waals surface area (Å²) in [6.07, 6.45) is -11.2. The lowest BCUT2D eigenvalue weighted by molar-refractivity contribution is -0.269. The average Bonchev–Trinajstić information content (AvgIpc) is 3.25. The highest BCUT2D eigenvalue weighted by molar-refractivity contribution is 14.2. The van der Waals surface area contributed by atoms with Gasteiger partial charge >= 0.3 is 30.3 Å². The van der Waals surface area contributed by atoms with Gasteiger partial charge < -0.3 is 44.2 Å². The van der Waals surface area contributed by atoms with E-state index in [1.165, 1.54) is 42.0 Å². The highest BCUT2D eigenvalue weighted by Crippen LogP contribution is 2.39. The molecule has 1 fully saturated rings. The first-order valence-electron chi connectivity index (χ1n) is 19.3. The molecule has 32 heteroatoms. The van der Waals surface area contributed by atoms with Gasteiger partial charge in [0.15, 0.2) is 48.0 Å². The molecule has 1 saturated heterocycles. The summed E-state index contributed by atoms with van der Waals surface area (Å²) in [6.45, 7) is 4.53. The van der Waals surface area contributed by atoms with Crippen molar-refractivity contribution in [2.45, 2.75) is 53.6 Å². The molecule has 3 N–H and O–H groups in total. The lowest BCUT2D eigenvalue weighted by Gasteiger charge is -2.37. The number of Topliss-reactive ketones (excluding diaryl/α,β-unsaturated/α-hetero) is 1. The summed E-state index contributed by atoms with van der Waals surface area (Å²) in [5.41, 5.74) is -3.85. The quantitative estimate of drug-likeness (QED) is 0.0313. The van der Waals surface area contributed by atoms with Crippen molar-refractivity contribution in [3.05, 3.63) is 70.5 Å². The number of nitrogens with one attached hydrogen (secondary N) is 2. The second-order valence-electron chi connectivity index (χ2n) is 13.1. The topological polar surface area (TPSA) is 257 Å². The number of urea groups is 1. The fourth-order valence-corrected chi connectivity index (χ4v) is 5.12. The maximum atomic E-state index is 14.5. The number of rotatable bonds is 16.